The van der Waals surface area contributed by atoms with Gasteiger partial charge in [0.1, 0.15) is 12.2 Å². The zero-order valence-electron chi connectivity index (χ0n) is 22.1. The Morgan fingerprint density at radius 3 is 2.54 bits per heavy atom. The van der Waals surface area contributed by atoms with Crippen molar-refractivity contribution in [3.05, 3.63) is 64.8 Å². The molecule has 12 heteroatoms. The summed E-state index contributed by atoms with van der Waals surface area (Å²) in [4.78, 5) is 25.5. The molecule has 1 unspecified atom stereocenters. The summed E-state index contributed by atoms with van der Waals surface area (Å²) in [6.45, 7) is 4.60. The first-order chi connectivity index (χ1) is 18.3. The molecule has 0 saturated carbocycles. The molecule has 1 aliphatic heterocycles. The standard InChI is InChI=1S/C27H29F3N4O5/c1-26(2,3)39-25(36)34(4)17-8-6-16(20(11-17)27(28,29)30)14-38-21-9-7-15(10-22(21)37-5)18-12-23(35)32-24-19(18)13-31-33-24/h6-11,13,18H,12,14H2,1-5H3,(H2,31,32,33,35). The van der Waals surface area contributed by atoms with Crippen LogP contribution < -0.4 is 19.7 Å². The lowest BCUT2D eigenvalue weighted by Crippen LogP contribution is -2.34. The number of nitrogens with zero attached hydrogens (tertiary/aromatic N) is 2. The second kappa shape index (κ2) is 10.5. The van der Waals surface area contributed by atoms with Gasteiger partial charge in [0.2, 0.25) is 5.91 Å². The van der Waals surface area contributed by atoms with Crippen LogP contribution in [0.3, 0.4) is 0 Å². The van der Waals surface area contributed by atoms with Gasteiger partial charge in [-0.3, -0.25) is 14.8 Å². The first-order valence-electron chi connectivity index (χ1n) is 12.1. The minimum Gasteiger partial charge on any atom is -0.493 e. The van der Waals surface area contributed by atoms with Gasteiger partial charge in [-0.05, 0) is 50.6 Å². The molecule has 9 nitrogen and oxygen atoms in total. The highest BCUT2D eigenvalue weighted by Crippen LogP contribution is 2.40. The lowest BCUT2D eigenvalue weighted by Gasteiger charge is -2.25. The molecule has 2 amide bonds. The van der Waals surface area contributed by atoms with Crippen LogP contribution in [0.15, 0.2) is 42.6 Å². The van der Waals surface area contributed by atoms with E-state index >= 15 is 0 Å². The van der Waals surface area contributed by atoms with Crippen molar-refractivity contribution in [3.8, 4) is 11.5 Å². The van der Waals surface area contributed by atoms with Crippen molar-refractivity contribution in [1.82, 2.24) is 10.2 Å². The highest BCUT2D eigenvalue weighted by atomic mass is 19.4. The van der Waals surface area contributed by atoms with Crippen LogP contribution in [-0.4, -0.2) is 42.0 Å². The molecule has 2 aromatic carbocycles. The molecule has 2 heterocycles. The van der Waals surface area contributed by atoms with Gasteiger partial charge in [-0.15, -0.1) is 0 Å². The number of anilines is 2. The Kier molecular flexibility index (Phi) is 7.49. The fourth-order valence-electron chi connectivity index (χ4n) is 4.22. The lowest BCUT2D eigenvalue weighted by molar-refractivity contribution is -0.138. The molecule has 3 aromatic rings. The number of nitrogens with one attached hydrogen (secondary N) is 2. The predicted molar refractivity (Wildman–Crippen MR) is 137 cm³/mol. The zero-order chi connectivity index (χ0) is 28.5. The first-order valence-corrected chi connectivity index (χ1v) is 12.1. The molecule has 1 aliphatic rings. The Morgan fingerprint density at radius 1 is 1.13 bits per heavy atom. The molecule has 2 N–H and O–H groups in total. The van der Waals surface area contributed by atoms with Gasteiger partial charge in [0.15, 0.2) is 17.3 Å². The van der Waals surface area contributed by atoms with Gasteiger partial charge in [0.25, 0.3) is 0 Å². The fourth-order valence-corrected chi connectivity index (χ4v) is 4.22. The second-order valence-electron chi connectivity index (χ2n) is 10.1. The van der Waals surface area contributed by atoms with E-state index in [0.29, 0.717) is 11.6 Å². The van der Waals surface area contributed by atoms with Crippen LogP contribution in [0.5, 0.6) is 11.5 Å². The summed E-state index contributed by atoms with van der Waals surface area (Å²) in [5.41, 5.74) is -0.255. The highest BCUT2D eigenvalue weighted by molar-refractivity contribution is 5.94. The van der Waals surface area contributed by atoms with E-state index in [2.05, 4.69) is 15.5 Å². The van der Waals surface area contributed by atoms with Crippen LogP contribution >= 0.6 is 0 Å². The van der Waals surface area contributed by atoms with Crippen molar-refractivity contribution >= 4 is 23.5 Å². The number of fused-ring (bicyclic) bond motifs is 1. The molecule has 1 aromatic heterocycles. The monoisotopic (exact) mass is 546 g/mol. The van der Waals surface area contributed by atoms with Crippen LogP contribution in [0.1, 0.15) is 55.4 Å². The minimum absolute atomic E-state index is 0.0254. The molecular weight excluding hydrogens is 517 g/mol. The number of benzene rings is 2. The van der Waals surface area contributed by atoms with Crippen molar-refractivity contribution in [1.29, 1.82) is 0 Å². The fraction of sp³-hybridized carbons (Fsp3) is 0.370. The number of hydrogen-bond donors (Lipinski definition) is 2. The SMILES string of the molecule is COc1cc(C2CC(=O)Nc3n[nH]cc32)ccc1OCc1ccc(N(C)C(=O)OC(C)(C)C)cc1C(F)(F)F. The number of alkyl halides is 3. The Balaban J connectivity index is 1.56. The number of ether oxygens (including phenoxy) is 3. The van der Waals surface area contributed by atoms with Crippen molar-refractivity contribution < 1.29 is 37.0 Å². The quantitative estimate of drug-likeness (QED) is 0.401. The molecule has 0 radical (unpaired) electrons. The topological polar surface area (TPSA) is 106 Å². The summed E-state index contributed by atoms with van der Waals surface area (Å²) >= 11 is 0. The van der Waals surface area contributed by atoms with E-state index in [-0.39, 0.29) is 35.2 Å². The van der Waals surface area contributed by atoms with E-state index in [0.717, 1.165) is 22.1 Å². The number of methoxy groups -OCH3 is 1. The molecule has 0 aliphatic carbocycles. The van der Waals surface area contributed by atoms with Crippen molar-refractivity contribution in [2.75, 3.05) is 24.4 Å². The van der Waals surface area contributed by atoms with Crippen molar-refractivity contribution in [2.45, 2.75) is 51.5 Å². The minimum atomic E-state index is -4.69. The molecule has 0 fully saturated rings. The number of amides is 2. The second-order valence-corrected chi connectivity index (χ2v) is 10.1. The molecule has 4 rings (SSSR count). The number of aromatic nitrogens is 2. The zero-order valence-corrected chi connectivity index (χ0v) is 22.1. The molecular formula is C27H29F3N4O5. The Labute approximate surface area is 223 Å². The van der Waals surface area contributed by atoms with Gasteiger partial charge < -0.3 is 19.5 Å². The number of halogens is 3. The van der Waals surface area contributed by atoms with E-state index in [9.17, 15) is 22.8 Å². The molecule has 1 atom stereocenters. The van der Waals surface area contributed by atoms with Crippen LogP contribution in [0.25, 0.3) is 0 Å². The summed E-state index contributed by atoms with van der Waals surface area (Å²) in [7, 11) is 2.76. The summed E-state index contributed by atoms with van der Waals surface area (Å²) in [6.07, 6.45) is -3.56. The maximum absolute atomic E-state index is 14.0. The lowest BCUT2D eigenvalue weighted by atomic mass is 9.87. The van der Waals surface area contributed by atoms with Crippen LogP contribution in [0.2, 0.25) is 0 Å². The van der Waals surface area contributed by atoms with Gasteiger partial charge in [0, 0.05) is 42.4 Å². The van der Waals surface area contributed by atoms with Crippen LogP contribution in [-0.2, 0) is 22.3 Å². The van der Waals surface area contributed by atoms with Gasteiger partial charge in [-0.2, -0.15) is 18.3 Å². The number of hydrogen-bond acceptors (Lipinski definition) is 6. The number of carbonyl (C=O) groups is 2. The molecule has 39 heavy (non-hydrogen) atoms. The van der Waals surface area contributed by atoms with E-state index in [4.69, 9.17) is 14.2 Å². The highest BCUT2D eigenvalue weighted by Gasteiger charge is 2.35. The van der Waals surface area contributed by atoms with Gasteiger partial charge in [-0.1, -0.05) is 12.1 Å². The Hall–Kier alpha value is -4.22. The third-order valence-electron chi connectivity index (χ3n) is 6.12. The molecule has 0 spiro atoms. The van der Waals surface area contributed by atoms with E-state index < -0.39 is 30.0 Å². The largest absolute Gasteiger partial charge is 0.493 e. The first kappa shape index (κ1) is 27.8. The molecule has 0 saturated heterocycles. The van der Waals surface area contributed by atoms with Crippen molar-refractivity contribution in [3.63, 3.8) is 0 Å². The molecule has 208 valence electrons. The third kappa shape index (κ3) is 6.27. The molecule has 0 bridgehead atoms. The van der Waals surface area contributed by atoms with E-state index in [1.807, 2.05) is 0 Å². The van der Waals surface area contributed by atoms with E-state index in [1.54, 1.807) is 45.2 Å². The average molecular weight is 547 g/mol. The number of carbonyl (C=O) groups excluding carboxylic acids is 2. The Bertz CT molecular complexity index is 1380. The van der Waals surface area contributed by atoms with Gasteiger partial charge >= 0.3 is 12.3 Å². The number of aromatic amines is 1. The summed E-state index contributed by atoms with van der Waals surface area (Å²) in [5.74, 6) is 0.535. The summed E-state index contributed by atoms with van der Waals surface area (Å²) in [5, 5.41) is 9.49. The maximum Gasteiger partial charge on any atom is 0.416 e. The Morgan fingerprint density at radius 2 is 1.87 bits per heavy atom. The smallest absolute Gasteiger partial charge is 0.416 e. The predicted octanol–water partition coefficient (Wildman–Crippen LogP) is 5.86. The maximum atomic E-state index is 14.0. The van der Waals surface area contributed by atoms with E-state index in [1.165, 1.54) is 26.3 Å². The summed E-state index contributed by atoms with van der Waals surface area (Å²) < 4.78 is 58.3. The van der Waals surface area contributed by atoms with Gasteiger partial charge in [0.05, 0.1) is 12.7 Å². The normalized spacial score (nSPS) is 15.3. The van der Waals surface area contributed by atoms with Crippen LogP contribution in [0.4, 0.5) is 29.5 Å². The third-order valence-corrected chi connectivity index (χ3v) is 6.12. The number of H-pyrrole nitrogens is 1. The summed E-state index contributed by atoms with van der Waals surface area (Å²) in [6, 6.07) is 8.58. The van der Waals surface area contributed by atoms with Crippen LogP contribution in [0, 0.1) is 0 Å². The average Bonchev–Trinajstić information content (AvgIpc) is 3.33. The van der Waals surface area contributed by atoms with Crippen molar-refractivity contribution in [2.24, 2.45) is 0 Å². The number of rotatable bonds is 6. The van der Waals surface area contributed by atoms with Gasteiger partial charge in [-0.25, -0.2) is 4.79 Å².